The summed E-state index contributed by atoms with van der Waals surface area (Å²) in [6.45, 7) is 3.47. The van der Waals surface area contributed by atoms with Gasteiger partial charge >= 0.3 is 5.97 Å². The third-order valence-electron chi connectivity index (χ3n) is 6.17. The van der Waals surface area contributed by atoms with Crippen LogP contribution in [0.3, 0.4) is 0 Å². The van der Waals surface area contributed by atoms with Crippen LogP contribution in [0.2, 0.25) is 0 Å². The number of aryl methyl sites for hydroxylation is 1. The van der Waals surface area contributed by atoms with E-state index in [0.717, 1.165) is 16.7 Å². The van der Waals surface area contributed by atoms with Crippen LogP contribution in [0, 0.1) is 6.92 Å². The second-order valence-corrected chi connectivity index (χ2v) is 8.88. The van der Waals surface area contributed by atoms with E-state index in [1.165, 1.54) is 11.8 Å². The van der Waals surface area contributed by atoms with Gasteiger partial charge in [0.1, 0.15) is 19.0 Å². The number of esters is 1. The molecule has 7 nitrogen and oxygen atoms in total. The highest BCUT2D eigenvalue weighted by molar-refractivity contribution is 6.15. The van der Waals surface area contributed by atoms with Gasteiger partial charge in [0.05, 0.1) is 22.5 Å². The number of nitrogens with one attached hydrogen (secondary N) is 1. The molecule has 7 heteroatoms. The molecule has 0 aromatic heterocycles. The van der Waals surface area contributed by atoms with Crippen LogP contribution in [0.5, 0.6) is 5.75 Å². The monoisotopic (exact) mass is 522 g/mol. The minimum Gasteiger partial charge on any atom is -0.488 e. The molecule has 2 amide bonds. The number of para-hydroxylation sites is 3. The first kappa shape index (κ1) is 27.1. The standard InChI is InChI=1S/C32H30N2O5/c1-22-12-11-16-25(24-13-5-4-6-14-24)30(22)31(36)33-27-17-8-7-15-26(27)32(37)34(3)28-18-9-10-19-29(28)39-21-20-38-23(2)35/h4-19H,20-21H2,1-3H3,(H,33,36). The predicted molar refractivity (Wildman–Crippen MR) is 152 cm³/mol. The van der Waals surface area contributed by atoms with Crippen LogP contribution in [-0.2, 0) is 9.53 Å². The number of rotatable bonds is 9. The average molecular weight is 523 g/mol. The summed E-state index contributed by atoms with van der Waals surface area (Å²) in [5.74, 6) is -0.548. The molecular formula is C32H30N2O5. The van der Waals surface area contributed by atoms with Gasteiger partial charge in [-0.05, 0) is 47.9 Å². The SMILES string of the molecule is CC(=O)OCCOc1ccccc1N(C)C(=O)c1ccccc1NC(=O)c1c(C)cccc1-c1ccccc1. The van der Waals surface area contributed by atoms with Crippen molar-refractivity contribution in [2.24, 2.45) is 0 Å². The molecule has 4 aromatic carbocycles. The van der Waals surface area contributed by atoms with Crippen molar-refractivity contribution in [3.8, 4) is 16.9 Å². The Labute approximate surface area is 228 Å². The molecule has 1 N–H and O–H groups in total. The van der Waals surface area contributed by atoms with Crippen LogP contribution in [0.25, 0.3) is 11.1 Å². The van der Waals surface area contributed by atoms with Crippen molar-refractivity contribution in [3.63, 3.8) is 0 Å². The topological polar surface area (TPSA) is 84.9 Å². The van der Waals surface area contributed by atoms with Gasteiger partial charge in [0.2, 0.25) is 0 Å². The van der Waals surface area contributed by atoms with Crippen LogP contribution in [0.4, 0.5) is 11.4 Å². The first-order chi connectivity index (χ1) is 18.9. The zero-order chi connectivity index (χ0) is 27.8. The number of hydrogen-bond acceptors (Lipinski definition) is 5. The van der Waals surface area contributed by atoms with Gasteiger partial charge in [-0.1, -0.05) is 72.8 Å². The third-order valence-corrected chi connectivity index (χ3v) is 6.17. The minimum absolute atomic E-state index is 0.0973. The Balaban J connectivity index is 1.59. The molecule has 0 aliphatic heterocycles. The van der Waals surface area contributed by atoms with E-state index in [1.54, 1.807) is 55.6 Å². The molecular weight excluding hydrogens is 492 g/mol. The maximum absolute atomic E-state index is 13.7. The third kappa shape index (κ3) is 6.51. The highest BCUT2D eigenvalue weighted by Gasteiger charge is 2.22. The van der Waals surface area contributed by atoms with E-state index in [4.69, 9.17) is 9.47 Å². The number of carbonyl (C=O) groups excluding carboxylic acids is 3. The Hall–Kier alpha value is -4.91. The number of amides is 2. The molecule has 0 bridgehead atoms. The lowest BCUT2D eigenvalue weighted by Crippen LogP contribution is -2.28. The highest BCUT2D eigenvalue weighted by Crippen LogP contribution is 2.31. The molecule has 0 aliphatic rings. The molecule has 4 aromatic rings. The predicted octanol–water partition coefficient (Wildman–Crippen LogP) is 6.13. The lowest BCUT2D eigenvalue weighted by molar-refractivity contribution is -0.141. The molecule has 4 rings (SSSR count). The van der Waals surface area contributed by atoms with Gasteiger partial charge in [-0.3, -0.25) is 14.4 Å². The molecule has 0 atom stereocenters. The first-order valence-electron chi connectivity index (χ1n) is 12.6. The summed E-state index contributed by atoms with van der Waals surface area (Å²) in [6.07, 6.45) is 0. The summed E-state index contributed by atoms with van der Waals surface area (Å²) in [4.78, 5) is 39.8. The fourth-order valence-electron chi connectivity index (χ4n) is 4.27. The summed E-state index contributed by atoms with van der Waals surface area (Å²) >= 11 is 0. The largest absolute Gasteiger partial charge is 0.488 e. The lowest BCUT2D eigenvalue weighted by atomic mass is 9.95. The smallest absolute Gasteiger partial charge is 0.302 e. The first-order valence-corrected chi connectivity index (χ1v) is 12.6. The van der Waals surface area contributed by atoms with E-state index in [1.807, 2.05) is 55.5 Å². The molecule has 0 saturated carbocycles. The zero-order valence-corrected chi connectivity index (χ0v) is 22.1. The van der Waals surface area contributed by atoms with Crippen LogP contribution in [0.1, 0.15) is 33.2 Å². The Kier molecular flexibility index (Phi) is 8.74. The van der Waals surface area contributed by atoms with Gasteiger partial charge in [0, 0.05) is 14.0 Å². The molecule has 0 spiro atoms. The van der Waals surface area contributed by atoms with Gasteiger partial charge in [0.15, 0.2) is 0 Å². The Morgan fingerprint density at radius 1 is 0.795 bits per heavy atom. The molecule has 0 unspecified atom stereocenters. The van der Waals surface area contributed by atoms with E-state index in [9.17, 15) is 14.4 Å². The molecule has 198 valence electrons. The van der Waals surface area contributed by atoms with Crippen molar-refractivity contribution in [2.75, 3.05) is 30.5 Å². The van der Waals surface area contributed by atoms with Crippen molar-refractivity contribution in [2.45, 2.75) is 13.8 Å². The molecule has 39 heavy (non-hydrogen) atoms. The Morgan fingerprint density at radius 3 is 2.26 bits per heavy atom. The summed E-state index contributed by atoms with van der Waals surface area (Å²) in [7, 11) is 1.64. The minimum atomic E-state index is -0.389. The van der Waals surface area contributed by atoms with Crippen molar-refractivity contribution < 1.29 is 23.9 Å². The number of ether oxygens (including phenoxy) is 2. The van der Waals surface area contributed by atoms with E-state index in [-0.39, 0.29) is 31.0 Å². The fourth-order valence-corrected chi connectivity index (χ4v) is 4.27. The number of carbonyl (C=O) groups is 3. The fraction of sp³-hybridized carbons (Fsp3) is 0.156. The molecule has 0 heterocycles. The highest BCUT2D eigenvalue weighted by atomic mass is 16.6. The van der Waals surface area contributed by atoms with E-state index < -0.39 is 0 Å². The van der Waals surface area contributed by atoms with Crippen LogP contribution >= 0.6 is 0 Å². The number of anilines is 2. The number of hydrogen-bond donors (Lipinski definition) is 1. The number of benzene rings is 4. The Bertz CT molecular complexity index is 1480. The van der Waals surface area contributed by atoms with Gasteiger partial charge in [-0.15, -0.1) is 0 Å². The molecule has 0 aliphatic carbocycles. The normalized spacial score (nSPS) is 10.4. The van der Waals surface area contributed by atoms with Gasteiger partial charge < -0.3 is 19.7 Å². The van der Waals surface area contributed by atoms with E-state index in [0.29, 0.717) is 28.3 Å². The maximum atomic E-state index is 13.7. The number of nitrogens with zero attached hydrogens (tertiary/aromatic N) is 1. The van der Waals surface area contributed by atoms with E-state index >= 15 is 0 Å². The maximum Gasteiger partial charge on any atom is 0.302 e. The van der Waals surface area contributed by atoms with Crippen LogP contribution in [0.15, 0.2) is 97.1 Å². The Morgan fingerprint density at radius 2 is 1.49 bits per heavy atom. The van der Waals surface area contributed by atoms with Gasteiger partial charge in [-0.2, -0.15) is 0 Å². The summed E-state index contributed by atoms with van der Waals surface area (Å²) in [6, 6.07) is 29.5. The quantitative estimate of drug-likeness (QED) is 0.211. The summed E-state index contributed by atoms with van der Waals surface area (Å²) in [5.41, 5.74) is 4.39. The summed E-state index contributed by atoms with van der Waals surface area (Å²) < 4.78 is 10.7. The molecule has 0 saturated heterocycles. The molecule has 0 radical (unpaired) electrons. The molecule has 0 fully saturated rings. The van der Waals surface area contributed by atoms with Crippen molar-refractivity contribution in [1.82, 2.24) is 0 Å². The van der Waals surface area contributed by atoms with Gasteiger partial charge in [-0.25, -0.2) is 0 Å². The lowest BCUT2D eigenvalue weighted by Gasteiger charge is -2.22. The van der Waals surface area contributed by atoms with E-state index in [2.05, 4.69) is 5.32 Å². The summed E-state index contributed by atoms with van der Waals surface area (Å²) in [5, 5.41) is 2.97. The van der Waals surface area contributed by atoms with Crippen LogP contribution in [-0.4, -0.2) is 38.0 Å². The average Bonchev–Trinajstić information content (AvgIpc) is 2.95. The van der Waals surface area contributed by atoms with Crippen molar-refractivity contribution in [1.29, 1.82) is 0 Å². The van der Waals surface area contributed by atoms with Crippen molar-refractivity contribution in [3.05, 3.63) is 114 Å². The zero-order valence-electron chi connectivity index (χ0n) is 22.1. The van der Waals surface area contributed by atoms with Crippen molar-refractivity contribution >= 4 is 29.2 Å². The van der Waals surface area contributed by atoms with Crippen LogP contribution < -0.4 is 15.0 Å². The second kappa shape index (κ2) is 12.6. The second-order valence-electron chi connectivity index (χ2n) is 8.88. The van der Waals surface area contributed by atoms with Gasteiger partial charge in [0.25, 0.3) is 11.8 Å².